The predicted molar refractivity (Wildman–Crippen MR) is 68.9 cm³/mol. The van der Waals surface area contributed by atoms with Gasteiger partial charge in [0.1, 0.15) is 5.69 Å². The van der Waals surface area contributed by atoms with Gasteiger partial charge >= 0.3 is 0 Å². The summed E-state index contributed by atoms with van der Waals surface area (Å²) in [5.41, 5.74) is 1.21. The van der Waals surface area contributed by atoms with Gasteiger partial charge in [-0.1, -0.05) is 24.3 Å². The maximum absolute atomic E-state index is 12.0. The van der Waals surface area contributed by atoms with Gasteiger partial charge in [-0.3, -0.25) is 4.79 Å². The van der Waals surface area contributed by atoms with Gasteiger partial charge in [-0.05, 0) is 12.1 Å². The number of nitrogens with zero attached hydrogens (tertiary/aromatic N) is 3. The molecule has 0 saturated heterocycles. The molecular formula is C14H13N3O. The Hall–Kier alpha value is -2.41. The van der Waals surface area contributed by atoms with Crippen LogP contribution in [-0.4, -0.2) is 29.4 Å². The summed E-state index contributed by atoms with van der Waals surface area (Å²) in [5.74, 6) is -0.156. The predicted octanol–water partition coefficient (Wildman–Crippen LogP) is 2.22. The normalized spacial score (nSPS) is 10.0. The summed E-state index contributed by atoms with van der Waals surface area (Å²) in [4.78, 5) is 17.9. The number of carbonyl (C=O) groups is 1. The zero-order valence-corrected chi connectivity index (χ0v) is 10.1. The molecule has 90 valence electrons. The maximum atomic E-state index is 12.0. The summed E-state index contributed by atoms with van der Waals surface area (Å²) in [6, 6.07) is 13.3. The average molecular weight is 239 g/mol. The summed E-state index contributed by atoms with van der Waals surface area (Å²) in [6.45, 7) is 0.420. The number of aromatic nitrogens is 1. The van der Waals surface area contributed by atoms with E-state index in [1.54, 1.807) is 13.1 Å². The van der Waals surface area contributed by atoms with E-state index in [-0.39, 0.29) is 5.91 Å². The molecule has 1 aromatic carbocycles. The Kier molecular flexibility index (Phi) is 3.54. The molecule has 0 saturated carbocycles. The summed E-state index contributed by atoms with van der Waals surface area (Å²) < 4.78 is 0. The molecule has 0 spiro atoms. The van der Waals surface area contributed by atoms with Crippen molar-refractivity contribution in [2.24, 2.45) is 0 Å². The fourth-order valence-corrected chi connectivity index (χ4v) is 1.70. The summed E-state index contributed by atoms with van der Waals surface area (Å²) in [6.07, 6.45) is 0.329. The molecule has 2 aromatic rings. The quantitative estimate of drug-likeness (QED) is 0.825. The zero-order chi connectivity index (χ0) is 13.0. The number of hydrogen-bond acceptors (Lipinski definition) is 3. The molecule has 4 heteroatoms. The fraction of sp³-hybridized carbons (Fsp3) is 0.214. The van der Waals surface area contributed by atoms with Crippen LogP contribution in [0.2, 0.25) is 0 Å². The fourth-order valence-electron chi connectivity index (χ4n) is 1.70. The number of para-hydroxylation sites is 1. The van der Waals surface area contributed by atoms with Crippen LogP contribution >= 0.6 is 0 Å². The molecule has 1 aromatic heterocycles. The number of nitriles is 1. The number of rotatable bonds is 3. The van der Waals surface area contributed by atoms with E-state index in [0.717, 1.165) is 10.9 Å². The number of hydrogen-bond donors (Lipinski definition) is 0. The Balaban J connectivity index is 2.25. The Morgan fingerprint density at radius 3 is 2.89 bits per heavy atom. The van der Waals surface area contributed by atoms with Crippen LogP contribution in [0.15, 0.2) is 36.4 Å². The molecule has 1 heterocycles. The lowest BCUT2D eigenvalue weighted by Crippen LogP contribution is -2.28. The van der Waals surface area contributed by atoms with Gasteiger partial charge in [-0.25, -0.2) is 4.98 Å². The minimum atomic E-state index is -0.156. The lowest BCUT2D eigenvalue weighted by atomic mass is 10.2. The number of fused-ring (bicyclic) bond motifs is 1. The van der Waals surface area contributed by atoms with E-state index in [0.29, 0.717) is 18.7 Å². The Morgan fingerprint density at radius 2 is 2.11 bits per heavy atom. The van der Waals surface area contributed by atoms with Crippen LogP contribution in [0, 0.1) is 11.3 Å². The van der Waals surface area contributed by atoms with Crippen LogP contribution in [0.4, 0.5) is 0 Å². The highest BCUT2D eigenvalue weighted by Crippen LogP contribution is 2.12. The molecule has 0 aliphatic carbocycles. The lowest BCUT2D eigenvalue weighted by Gasteiger charge is -2.14. The van der Waals surface area contributed by atoms with Crippen molar-refractivity contribution in [2.75, 3.05) is 13.6 Å². The van der Waals surface area contributed by atoms with Crippen LogP contribution < -0.4 is 0 Å². The molecule has 2 rings (SSSR count). The van der Waals surface area contributed by atoms with E-state index >= 15 is 0 Å². The molecule has 18 heavy (non-hydrogen) atoms. The zero-order valence-electron chi connectivity index (χ0n) is 10.1. The van der Waals surface area contributed by atoms with E-state index in [4.69, 9.17) is 5.26 Å². The molecule has 0 atom stereocenters. The van der Waals surface area contributed by atoms with Gasteiger partial charge in [0.05, 0.1) is 18.0 Å². The highest BCUT2D eigenvalue weighted by Gasteiger charge is 2.12. The van der Waals surface area contributed by atoms with E-state index in [1.807, 2.05) is 36.4 Å². The minimum Gasteiger partial charge on any atom is -0.339 e. The van der Waals surface area contributed by atoms with Gasteiger partial charge in [0.25, 0.3) is 5.91 Å². The van der Waals surface area contributed by atoms with Crippen LogP contribution in [0.5, 0.6) is 0 Å². The van der Waals surface area contributed by atoms with Crippen LogP contribution in [0.25, 0.3) is 10.9 Å². The van der Waals surface area contributed by atoms with Crippen LogP contribution in [-0.2, 0) is 0 Å². The molecule has 0 radical (unpaired) electrons. The van der Waals surface area contributed by atoms with E-state index in [2.05, 4.69) is 4.98 Å². The van der Waals surface area contributed by atoms with Gasteiger partial charge in [0.2, 0.25) is 0 Å². The van der Waals surface area contributed by atoms with Crippen LogP contribution in [0.3, 0.4) is 0 Å². The highest BCUT2D eigenvalue weighted by atomic mass is 16.2. The highest BCUT2D eigenvalue weighted by molar-refractivity contribution is 5.94. The third-order valence-corrected chi connectivity index (χ3v) is 2.72. The first-order chi connectivity index (χ1) is 8.72. The van der Waals surface area contributed by atoms with Crippen molar-refractivity contribution in [2.45, 2.75) is 6.42 Å². The number of pyridine rings is 1. The topological polar surface area (TPSA) is 57.0 Å². The van der Waals surface area contributed by atoms with Gasteiger partial charge in [-0.2, -0.15) is 5.26 Å². The molecule has 1 amide bonds. The lowest BCUT2D eigenvalue weighted by molar-refractivity contribution is 0.0792. The molecule has 0 unspecified atom stereocenters. The summed E-state index contributed by atoms with van der Waals surface area (Å²) >= 11 is 0. The van der Waals surface area contributed by atoms with Crippen molar-refractivity contribution >= 4 is 16.8 Å². The number of carbonyl (C=O) groups excluding carboxylic acids is 1. The molecule has 0 aliphatic heterocycles. The van der Waals surface area contributed by atoms with Gasteiger partial charge < -0.3 is 4.90 Å². The van der Waals surface area contributed by atoms with Crippen LogP contribution in [0.1, 0.15) is 16.9 Å². The molecule has 4 nitrogen and oxygen atoms in total. The SMILES string of the molecule is CN(CCC#N)C(=O)c1ccc2ccccc2n1. The van der Waals surface area contributed by atoms with Crippen molar-refractivity contribution in [3.8, 4) is 6.07 Å². The molecular weight excluding hydrogens is 226 g/mol. The third-order valence-electron chi connectivity index (χ3n) is 2.72. The van der Waals surface area contributed by atoms with Crippen molar-refractivity contribution in [1.29, 1.82) is 5.26 Å². The van der Waals surface area contributed by atoms with E-state index in [9.17, 15) is 4.79 Å². The minimum absolute atomic E-state index is 0.156. The smallest absolute Gasteiger partial charge is 0.272 e. The third kappa shape index (κ3) is 2.46. The van der Waals surface area contributed by atoms with E-state index in [1.165, 1.54) is 4.90 Å². The average Bonchev–Trinajstić information content (AvgIpc) is 2.43. The molecule has 0 aliphatic rings. The first-order valence-corrected chi connectivity index (χ1v) is 5.70. The summed E-state index contributed by atoms with van der Waals surface area (Å²) in [5, 5.41) is 9.51. The Morgan fingerprint density at radius 1 is 1.33 bits per heavy atom. The monoisotopic (exact) mass is 239 g/mol. The Bertz CT molecular complexity index is 616. The number of amides is 1. The van der Waals surface area contributed by atoms with Crippen molar-refractivity contribution in [3.05, 3.63) is 42.1 Å². The second kappa shape index (κ2) is 5.28. The van der Waals surface area contributed by atoms with E-state index < -0.39 is 0 Å². The second-order valence-corrected chi connectivity index (χ2v) is 4.02. The largest absolute Gasteiger partial charge is 0.339 e. The Labute approximate surface area is 105 Å². The molecule has 0 fully saturated rings. The van der Waals surface area contributed by atoms with Gasteiger partial charge in [-0.15, -0.1) is 0 Å². The molecule has 0 bridgehead atoms. The van der Waals surface area contributed by atoms with Crippen molar-refractivity contribution in [3.63, 3.8) is 0 Å². The summed E-state index contributed by atoms with van der Waals surface area (Å²) in [7, 11) is 1.68. The standard InChI is InChI=1S/C14H13N3O/c1-17(10-4-9-15)14(18)13-8-7-11-5-2-3-6-12(11)16-13/h2-3,5-8H,4,10H2,1H3. The van der Waals surface area contributed by atoms with Gasteiger partial charge in [0, 0.05) is 19.0 Å². The second-order valence-electron chi connectivity index (χ2n) is 4.02. The van der Waals surface area contributed by atoms with Crippen molar-refractivity contribution in [1.82, 2.24) is 9.88 Å². The number of benzene rings is 1. The first kappa shape index (κ1) is 12.1. The maximum Gasteiger partial charge on any atom is 0.272 e. The van der Waals surface area contributed by atoms with Crippen molar-refractivity contribution < 1.29 is 4.79 Å². The van der Waals surface area contributed by atoms with Gasteiger partial charge in [0.15, 0.2) is 0 Å². The molecule has 0 N–H and O–H groups in total. The first-order valence-electron chi connectivity index (χ1n) is 5.70.